The molecule has 1 aliphatic rings. The van der Waals surface area contributed by atoms with Gasteiger partial charge in [-0.25, -0.2) is 14.5 Å². The van der Waals surface area contributed by atoms with E-state index in [1.54, 1.807) is 11.6 Å². The maximum Gasteiger partial charge on any atom is 0.363 e. The maximum absolute atomic E-state index is 12.3. The number of carbonyl (C=O) groups excluding carboxylic acids is 1. The quantitative estimate of drug-likeness (QED) is 0.236. The van der Waals surface area contributed by atoms with Crippen molar-refractivity contribution in [2.75, 3.05) is 0 Å². The van der Waals surface area contributed by atoms with Gasteiger partial charge in [-0.1, -0.05) is 40.9 Å². The largest absolute Gasteiger partial charge is 0.402 e. The van der Waals surface area contributed by atoms with E-state index in [-0.39, 0.29) is 27.9 Å². The number of nitrogens with zero attached hydrogens (tertiary/aromatic N) is 4. The predicted molar refractivity (Wildman–Crippen MR) is 117 cm³/mol. The lowest BCUT2D eigenvalue weighted by atomic mass is 10.2. The minimum Gasteiger partial charge on any atom is -0.402 e. The smallest absolute Gasteiger partial charge is 0.363 e. The van der Waals surface area contributed by atoms with Crippen LogP contribution in [0.5, 0.6) is 0 Å². The molecule has 0 fully saturated rings. The zero-order valence-electron chi connectivity index (χ0n) is 16.3. The average molecular weight is 457 g/mol. The van der Waals surface area contributed by atoms with Crippen LogP contribution in [0.2, 0.25) is 10.2 Å². The van der Waals surface area contributed by atoms with Gasteiger partial charge in [-0.05, 0) is 44.2 Å². The minimum absolute atomic E-state index is 0.000981. The Morgan fingerprint density at radius 1 is 1.13 bits per heavy atom. The molecule has 31 heavy (non-hydrogen) atoms. The molecule has 2 heterocycles. The Bertz CT molecular complexity index is 1290. The molecule has 0 N–H and O–H groups in total. The van der Waals surface area contributed by atoms with Crippen molar-refractivity contribution in [3.63, 3.8) is 0 Å². The number of cyclic esters (lactones) is 1. The molecule has 8 nitrogen and oxygen atoms in total. The molecule has 0 bridgehead atoms. The number of carbonyl (C=O) groups is 1. The molecule has 0 saturated heterocycles. The van der Waals surface area contributed by atoms with E-state index in [2.05, 4.69) is 10.1 Å². The highest BCUT2D eigenvalue weighted by Gasteiger charge is 2.27. The molecular formula is C21H14Cl2N4O4. The van der Waals surface area contributed by atoms with Gasteiger partial charge >= 0.3 is 5.97 Å². The summed E-state index contributed by atoms with van der Waals surface area (Å²) in [6.45, 7) is 3.74. The minimum atomic E-state index is -0.703. The van der Waals surface area contributed by atoms with Crippen LogP contribution in [-0.2, 0) is 9.53 Å². The standard InChI is InChI=1S/C21H14Cl2N4O4/c1-11-3-6-14(7-4-11)26-19(23)15(12(2)25-26)10-17-21(28)31-20(24-17)13-5-8-16(22)18(9-13)27(29)30/h3-10H,1-2H3/b17-10-. The summed E-state index contributed by atoms with van der Waals surface area (Å²) < 4.78 is 6.76. The normalized spacial score (nSPS) is 14.6. The monoisotopic (exact) mass is 456 g/mol. The molecule has 3 aromatic rings. The van der Waals surface area contributed by atoms with Gasteiger partial charge in [0.1, 0.15) is 10.2 Å². The van der Waals surface area contributed by atoms with Gasteiger partial charge in [0.05, 0.1) is 16.3 Å². The molecule has 0 saturated carbocycles. The van der Waals surface area contributed by atoms with Gasteiger partial charge in [0, 0.05) is 17.2 Å². The van der Waals surface area contributed by atoms with E-state index in [0.717, 1.165) is 11.3 Å². The molecule has 0 spiro atoms. The summed E-state index contributed by atoms with van der Waals surface area (Å²) in [5, 5.41) is 15.8. The third-order valence-corrected chi connectivity index (χ3v) is 5.30. The molecule has 10 heteroatoms. The molecule has 0 unspecified atom stereocenters. The first-order valence-electron chi connectivity index (χ1n) is 9.03. The number of hydrogen-bond acceptors (Lipinski definition) is 6. The number of hydrogen-bond donors (Lipinski definition) is 0. The van der Waals surface area contributed by atoms with Crippen molar-refractivity contribution in [1.82, 2.24) is 9.78 Å². The molecule has 4 rings (SSSR count). The number of rotatable bonds is 4. The van der Waals surface area contributed by atoms with E-state index >= 15 is 0 Å². The first kappa shape index (κ1) is 20.8. The third kappa shape index (κ3) is 3.95. The fraction of sp³-hybridized carbons (Fsp3) is 0.0952. The zero-order valence-corrected chi connectivity index (χ0v) is 17.8. The predicted octanol–water partition coefficient (Wildman–Crippen LogP) is 5.05. The van der Waals surface area contributed by atoms with E-state index < -0.39 is 10.9 Å². The van der Waals surface area contributed by atoms with E-state index in [1.807, 2.05) is 31.2 Å². The molecule has 0 aliphatic carbocycles. The van der Waals surface area contributed by atoms with Crippen molar-refractivity contribution in [3.8, 4) is 5.69 Å². The van der Waals surface area contributed by atoms with Crippen LogP contribution in [0.25, 0.3) is 11.8 Å². The van der Waals surface area contributed by atoms with E-state index in [1.165, 1.54) is 24.3 Å². The highest BCUT2D eigenvalue weighted by Crippen LogP contribution is 2.30. The Hall–Kier alpha value is -3.49. The topological polar surface area (TPSA) is 99.6 Å². The second kappa shape index (κ2) is 7.98. The van der Waals surface area contributed by atoms with Crippen LogP contribution >= 0.6 is 23.2 Å². The Labute approximate surface area is 186 Å². The summed E-state index contributed by atoms with van der Waals surface area (Å²) >= 11 is 12.4. The fourth-order valence-electron chi connectivity index (χ4n) is 2.99. The van der Waals surface area contributed by atoms with Gasteiger partial charge in [0.15, 0.2) is 5.70 Å². The van der Waals surface area contributed by atoms with E-state index in [0.29, 0.717) is 16.4 Å². The van der Waals surface area contributed by atoms with Gasteiger partial charge < -0.3 is 4.74 Å². The van der Waals surface area contributed by atoms with Crippen molar-refractivity contribution >= 4 is 46.8 Å². The Balaban J connectivity index is 1.72. The maximum atomic E-state index is 12.3. The first-order chi connectivity index (χ1) is 14.7. The average Bonchev–Trinajstić information content (AvgIpc) is 3.23. The number of benzene rings is 2. The van der Waals surface area contributed by atoms with Crippen molar-refractivity contribution in [1.29, 1.82) is 0 Å². The number of nitro groups is 1. The van der Waals surface area contributed by atoms with Crippen molar-refractivity contribution in [2.24, 2.45) is 4.99 Å². The van der Waals surface area contributed by atoms with Crippen LogP contribution < -0.4 is 0 Å². The third-order valence-electron chi connectivity index (χ3n) is 4.62. The molecular weight excluding hydrogens is 443 g/mol. The van der Waals surface area contributed by atoms with Crippen LogP contribution in [0.1, 0.15) is 22.4 Å². The Morgan fingerprint density at radius 2 is 1.84 bits per heavy atom. The number of halogens is 2. The van der Waals surface area contributed by atoms with Crippen molar-refractivity contribution in [2.45, 2.75) is 13.8 Å². The highest BCUT2D eigenvalue weighted by molar-refractivity contribution is 6.33. The van der Waals surface area contributed by atoms with E-state index in [9.17, 15) is 14.9 Å². The SMILES string of the molecule is Cc1ccc(-n2nc(C)c(/C=C3\N=C(c4ccc(Cl)c([N+](=O)[O-])c4)OC3=O)c2Cl)cc1. The number of nitro benzene ring substituents is 1. The molecule has 1 aromatic heterocycles. The van der Waals surface area contributed by atoms with Crippen LogP contribution in [0.3, 0.4) is 0 Å². The molecule has 156 valence electrons. The second-order valence-electron chi connectivity index (χ2n) is 6.80. The molecule has 0 radical (unpaired) electrons. The Morgan fingerprint density at radius 3 is 2.52 bits per heavy atom. The van der Waals surface area contributed by atoms with Gasteiger partial charge in [0.2, 0.25) is 5.90 Å². The number of aromatic nitrogens is 2. The lowest BCUT2D eigenvalue weighted by molar-refractivity contribution is -0.384. The highest BCUT2D eigenvalue weighted by atomic mass is 35.5. The fourth-order valence-corrected chi connectivity index (χ4v) is 3.50. The van der Waals surface area contributed by atoms with Gasteiger partial charge in [-0.15, -0.1) is 0 Å². The summed E-state index contributed by atoms with van der Waals surface area (Å²) in [6.07, 6.45) is 1.48. The van der Waals surface area contributed by atoms with Gasteiger partial charge in [0.25, 0.3) is 5.69 Å². The number of aliphatic imine (C=N–C) groups is 1. The lowest BCUT2D eigenvalue weighted by Crippen LogP contribution is -2.06. The molecule has 0 amide bonds. The molecule has 0 atom stereocenters. The number of ether oxygens (including phenoxy) is 1. The van der Waals surface area contributed by atoms with Gasteiger partial charge in [-0.3, -0.25) is 10.1 Å². The van der Waals surface area contributed by atoms with Gasteiger partial charge in [-0.2, -0.15) is 5.10 Å². The molecule has 1 aliphatic heterocycles. The summed E-state index contributed by atoms with van der Waals surface area (Å²) in [5.41, 5.74) is 2.93. The van der Waals surface area contributed by atoms with Crippen LogP contribution in [0.15, 0.2) is 53.2 Å². The number of aryl methyl sites for hydroxylation is 2. The summed E-state index contributed by atoms with van der Waals surface area (Å²) in [4.78, 5) is 27.0. The van der Waals surface area contributed by atoms with Crippen LogP contribution in [0, 0.1) is 24.0 Å². The van der Waals surface area contributed by atoms with Crippen molar-refractivity contribution < 1.29 is 14.5 Å². The first-order valence-corrected chi connectivity index (χ1v) is 9.79. The second-order valence-corrected chi connectivity index (χ2v) is 7.56. The lowest BCUT2D eigenvalue weighted by Gasteiger charge is -2.03. The van der Waals surface area contributed by atoms with Crippen LogP contribution in [0.4, 0.5) is 5.69 Å². The summed E-state index contributed by atoms with van der Waals surface area (Å²) in [5.74, 6) is -0.762. The zero-order chi connectivity index (χ0) is 22.3. The summed E-state index contributed by atoms with van der Waals surface area (Å²) in [6, 6.07) is 11.7. The Kier molecular flexibility index (Phi) is 5.34. The van der Waals surface area contributed by atoms with E-state index in [4.69, 9.17) is 27.9 Å². The van der Waals surface area contributed by atoms with Crippen molar-refractivity contribution in [3.05, 3.63) is 90.8 Å². The van der Waals surface area contributed by atoms with Crippen LogP contribution in [-0.4, -0.2) is 26.6 Å². The molecule has 2 aromatic carbocycles. The number of esters is 1. The summed E-state index contributed by atoms with van der Waals surface area (Å²) in [7, 11) is 0.